The third kappa shape index (κ3) is 9.53. The van der Waals surface area contributed by atoms with Gasteiger partial charge in [0.05, 0.1) is 11.6 Å². The molecule has 0 amide bonds. The second-order valence-corrected chi connectivity index (χ2v) is 6.77. The Morgan fingerprint density at radius 3 is 2.87 bits per heavy atom. The number of hydrogen-bond acceptors (Lipinski definition) is 5. The van der Waals surface area contributed by atoms with E-state index >= 15 is 0 Å². The van der Waals surface area contributed by atoms with Gasteiger partial charge in [-0.25, -0.2) is 4.98 Å². The predicted molar refractivity (Wildman–Crippen MR) is 98.5 cm³/mol. The first kappa shape index (κ1) is 19.9. The Morgan fingerprint density at radius 2 is 2.22 bits per heavy atom. The molecule has 0 fully saturated rings. The minimum atomic E-state index is 0.778. The number of likely N-dealkylation sites (N-methyl/N-ethyl adjacent to an activating group) is 1. The summed E-state index contributed by atoms with van der Waals surface area (Å²) in [6.07, 6.45) is 3.91. The molecule has 0 aliphatic heterocycles. The van der Waals surface area contributed by atoms with Crippen LogP contribution in [0.1, 0.15) is 23.2 Å². The van der Waals surface area contributed by atoms with Gasteiger partial charge >= 0.3 is 0 Å². The number of aliphatic imine (C=N–C) groups is 1. The molecule has 132 valence electrons. The number of hydrogen-bond donors (Lipinski definition) is 2. The van der Waals surface area contributed by atoms with Gasteiger partial charge in [0.1, 0.15) is 0 Å². The number of ether oxygens (including phenoxy) is 1. The number of nitrogens with zero attached hydrogens (tertiary/aromatic N) is 3. The highest BCUT2D eigenvalue weighted by molar-refractivity contribution is 7.11. The summed E-state index contributed by atoms with van der Waals surface area (Å²) in [6, 6.07) is 0. The molecular weight excluding hydrogens is 310 g/mol. The maximum atomic E-state index is 5.08. The molecule has 0 aliphatic carbocycles. The van der Waals surface area contributed by atoms with E-state index in [4.69, 9.17) is 4.74 Å². The Kier molecular flexibility index (Phi) is 10.6. The summed E-state index contributed by atoms with van der Waals surface area (Å²) in [4.78, 5) is 12.5. The average Bonchev–Trinajstić information content (AvgIpc) is 2.94. The van der Waals surface area contributed by atoms with Gasteiger partial charge in [0, 0.05) is 50.8 Å². The van der Waals surface area contributed by atoms with Gasteiger partial charge in [-0.15, -0.1) is 11.3 Å². The lowest BCUT2D eigenvalue weighted by molar-refractivity contribution is 0.161. The van der Waals surface area contributed by atoms with Gasteiger partial charge in [-0.05, 0) is 33.9 Å². The molecule has 1 heterocycles. The first-order valence-corrected chi connectivity index (χ1v) is 9.08. The van der Waals surface area contributed by atoms with Gasteiger partial charge in [0.25, 0.3) is 0 Å². The van der Waals surface area contributed by atoms with Crippen molar-refractivity contribution in [3.8, 4) is 0 Å². The average molecular weight is 342 g/mol. The molecule has 0 atom stereocenters. The lowest BCUT2D eigenvalue weighted by atomic mass is 10.4. The van der Waals surface area contributed by atoms with Gasteiger partial charge in [-0.2, -0.15) is 0 Å². The van der Waals surface area contributed by atoms with Crippen molar-refractivity contribution in [2.45, 2.75) is 26.7 Å². The quantitative estimate of drug-likeness (QED) is 0.363. The zero-order valence-corrected chi connectivity index (χ0v) is 15.7. The minimum absolute atomic E-state index is 0.778. The summed E-state index contributed by atoms with van der Waals surface area (Å²) in [5.41, 5.74) is 0. The highest BCUT2D eigenvalue weighted by Crippen LogP contribution is 2.10. The van der Waals surface area contributed by atoms with Crippen LogP contribution >= 0.6 is 11.3 Å². The summed E-state index contributed by atoms with van der Waals surface area (Å²) >= 11 is 1.76. The van der Waals surface area contributed by atoms with Crippen LogP contribution < -0.4 is 10.6 Å². The summed E-state index contributed by atoms with van der Waals surface area (Å²) in [6.45, 7) is 9.49. The van der Waals surface area contributed by atoms with Crippen LogP contribution in [0.25, 0.3) is 0 Å². The SMILES string of the molecule is CCNC(=NCCCN(C)CCOC)NCCc1ncc(C)s1. The summed E-state index contributed by atoms with van der Waals surface area (Å²) in [7, 11) is 3.85. The van der Waals surface area contributed by atoms with Crippen LogP contribution in [0.3, 0.4) is 0 Å². The molecule has 0 spiro atoms. The number of aromatic nitrogens is 1. The van der Waals surface area contributed by atoms with E-state index in [1.165, 1.54) is 9.88 Å². The van der Waals surface area contributed by atoms with E-state index in [9.17, 15) is 0 Å². The van der Waals surface area contributed by atoms with Crippen molar-refractivity contribution in [1.82, 2.24) is 20.5 Å². The Labute approximate surface area is 144 Å². The number of aryl methyl sites for hydroxylation is 1. The van der Waals surface area contributed by atoms with Gasteiger partial charge in [0.2, 0.25) is 0 Å². The molecule has 1 aromatic rings. The number of thiazole rings is 1. The van der Waals surface area contributed by atoms with Crippen molar-refractivity contribution < 1.29 is 4.74 Å². The molecule has 0 radical (unpaired) electrons. The van der Waals surface area contributed by atoms with E-state index in [0.717, 1.165) is 58.1 Å². The third-order valence-corrected chi connectivity index (χ3v) is 4.26. The van der Waals surface area contributed by atoms with Gasteiger partial charge < -0.3 is 20.3 Å². The monoisotopic (exact) mass is 341 g/mol. The maximum absolute atomic E-state index is 5.08. The molecule has 6 nitrogen and oxygen atoms in total. The largest absolute Gasteiger partial charge is 0.383 e. The maximum Gasteiger partial charge on any atom is 0.191 e. The van der Waals surface area contributed by atoms with E-state index in [1.54, 1.807) is 18.4 Å². The molecule has 0 aromatic carbocycles. The van der Waals surface area contributed by atoms with Crippen LogP contribution in [-0.2, 0) is 11.2 Å². The molecule has 0 bridgehead atoms. The number of methoxy groups -OCH3 is 1. The van der Waals surface area contributed by atoms with Crippen molar-refractivity contribution in [1.29, 1.82) is 0 Å². The first-order chi connectivity index (χ1) is 11.2. The molecule has 0 aliphatic rings. The predicted octanol–water partition coefficient (Wildman–Crippen LogP) is 1.52. The van der Waals surface area contributed by atoms with E-state index in [2.05, 4.69) is 46.4 Å². The number of nitrogens with one attached hydrogen (secondary N) is 2. The molecule has 7 heteroatoms. The van der Waals surface area contributed by atoms with Crippen molar-refractivity contribution in [3.05, 3.63) is 16.1 Å². The van der Waals surface area contributed by atoms with Crippen LogP contribution in [0, 0.1) is 6.92 Å². The number of guanidine groups is 1. The Morgan fingerprint density at radius 1 is 1.39 bits per heavy atom. The standard InChI is InChI=1S/C16H31N5OS/c1-5-17-16(18-8-6-10-21(3)11-12-22-4)19-9-7-15-20-13-14(2)23-15/h13H,5-12H2,1-4H3,(H2,17,18,19). The van der Waals surface area contributed by atoms with Crippen LogP contribution in [0.4, 0.5) is 0 Å². The normalized spacial score (nSPS) is 12.0. The number of rotatable bonds is 11. The summed E-state index contributed by atoms with van der Waals surface area (Å²) in [5, 5.41) is 7.83. The minimum Gasteiger partial charge on any atom is -0.383 e. The van der Waals surface area contributed by atoms with E-state index in [0.29, 0.717) is 0 Å². The van der Waals surface area contributed by atoms with Crippen LogP contribution in [-0.4, -0.2) is 69.3 Å². The fourth-order valence-electron chi connectivity index (χ4n) is 2.04. The zero-order chi connectivity index (χ0) is 16.9. The van der Waals surface area contributed by atoms with Crippen LogP contribution in [0.15, 0.2) is 11.2 Å². The highest BCUT2D eigenvalue weighted by Gasteiger charge is 2.01. The molecule has 0 saturated heterocycles. The Hall–Kier alpha value is -1.18. The van der Waals surface area contributed by atoms with Crippen molar-refractivity contribution in [2.24, 2.45) is 4.99 Å². The molecule has 2 N–H and O–H groups in total. The third-order valence-electron chi connectivity index (χ3n) is 3.29. The Balaban J connectivity index is 2.24. The van der Waals surface area contributed by atoms with Crippen molar-refractivity contribution >= 4 is 17.3 Å². The first-order valence-electron chi connectivity index (χ1n) is 8.26. The van der Waals surface area contributed by atoms with E-state index in [-0.39, 0.29) is 0 Å². The smallest absolute Gasteiger partial charge is 0.191 e. The lowest BCUT2D eigenvalue weighted by Gasteiger charge is -2.15. The topological polar surface area (TPSA) is 61.8 Å². The van der Waals surface area contributed by atoms with Crippen LogP contribution in [0.2, 0.25) is 0 Å². The summed E-state index contributed by atoms with van der Waals surface area (Å²) < 4.78 is 5.08. The molecular formula is C16H31N5OS. The lowest BCUT2D eigenvalue weighted by Crippen LogP contribution is -2.38. The second-order valence-electron chi connectivity index (χ2n) is 5.45. The van der Waals surface area contributed by atoms with E-state index < -0.39 is 0 Å². The van der Waals surface area contributed by atoms with Crippen molar-refractivity contribution in [2.75, 3.05) is 53.5 Å². The van der Waals surface area contributed by atoms with Gasteiger partial charge in [-0.1, -0.05) is 0 Å². The molecule has 0 saturated carbocycles. The Bertz CT molecular complexity index is 449. The summed E-state index contributed by atoms with van der Waals surface area (Å²) in [5.74, 6) is 0.889. The van der Waals surface area contributed by atoms with Gasteiger partial charge in [-0.3, -0.25) is 4.99 Å². The van der Waals surface area contributed by atoms with Crippen LogP contribution in [0.5, 0.6) is 0 Å². The van der Waals surface area contributed by atoms with Gasteiger partial charge in [0.15, 0.2) is 5.96 Å². The van der Waals surface area contributed by atoms with Crippen molar-refractivity contribution in [3.63, 3.8) is 0 Å². The second kappa shape index (κ2) is 12.3. The highest BCUT2D eigenvalue weighted by atomic mass is 32.1. The molecule has 1 aromatic heterocycles. The molecule has 0 unspecified atom stereocenters. The molecule has 23 heavy (non-hydrogen) atoms. The molecule has 1 rings (SSSR count). The fraction of sp³-hybridized carbons (Fsp3) is 0.750. The fourth-order valence-corrected chi connectivity index (χ4v) is 2.82. The van der Waals surface area contributed by atoms with E-state index in [1.807, 2.05) is 6.20 Å². The zero-order valence-electron chi connectivity index (χ0n) is 14.9.